The number of nitrogens with zero attached hydrogens (tertiary/aromatic N) is 4. The topological polar surface area (TPSA) is 80.9 Å². The fraction of sp³-hybridized carbons (Fsp3) is 0.471. The molecule has 0 aliphatic carbocycles. The number of likely N-dealkylation sites (N-methyl/N-ethyl adjacent to an activating group) is 1. The molecule has 1 atom stereocenters. The fourth-order valence-electron chi connectivity index (χ4n) is 2.78. The molecule has 1 aliphatic heterocycles. The number of methoxy groups -OCH3 is 1. The summed E-state index contributed by atoms with van der Waals surface area (Å²) in [7, 11) is 3.55. The van der Waals surface area contributed by atoms with E-state index in [0.717, 1.165) is 6.54 Å². The smallest absolute Gasteiger partial charge is 0.260 e. The predicted molar refractivity (Wildman–Crippen MR) is 89.5 cm³/mol. The summed E-state index contributed by atoms with van der Waals surface area (Å²) in [5, 5.41) is 3.84. The SMILES string of the molecule is COc1ccccc1OCC(=O)N1CCN(C)[C@@H](c2nc(C)no2)C1. The number of carbonyl (C=O) groups excluding carboxylic acids is 1. The van der Waals surface area contributed by atoms with Crippen molar-refractivity contribution in [3.8, 4) is 11.5 Å². The highest BCUT2D eigenvalue weighted by Gasteiger charge is 2.32. The fourth-order valence-corrected chi connectivity index (χ4v) is 2.78. The van der Waals surface area contributed by atoms with Gasteiger partial charge in [-0.05, 0) is 26.1 Å². The van der Waals surface area contributed by atoms with Crippen molar-refractivity contribution in [2.24, 2.45) is 0 Å². The van der Waals surface area contributed by atoms with Gasteiger partial charge in [0.1, 0.15) is 6.04 Å². The van der Waals surface area contributed by atoms with Crippen molar-refractivity contribution in [3.63, 3.8) is 0 Å². The lowest BCUT2D eigenvalue weighted by Gasteiger charge is -2.37. The molecule has 0 radical (unpaired) electrons. The van der Waals surface area contributed by atoms with Crippen LogP contribution in [0.5, 0.6) is 11.5 Å². The van der Waals surface area contributed by atoms with Crippen LogP contribution in [0.2, 0.25) is 0 Å². The zero-order valence-corrected chi connectivity index (χ0v) is 14.6. The second-order valence-corrected chi connectivity index (χ2v) is 5.96. The van der Waals surface area contributed by atoms with Crippen LogP contribution >= 0.6 is 0 Å². The highest BCUT2D eigenvalue weighted by molar-refractivity contribution is 5.78. The molecule has 134 valence electrons. The summed E-state index contributed by atoms with van der Waals surface area (Å²) >= 11 is 0. The first-order valence-electron chi connectivity index (χ1n) is 8.12. The Labute approximate surface area is 146 Å². The Morgan fingerprint density at radius 2 is 2.08 bits per heavy atom. The molecule has 2 heterocycles. The highest BCUT2D eigenvalue weighted by atomic mass is 16.5. The maximum atomic E-state index is 12.5. The van der Waals surface area contributed by atoms with Gasteiger partial charge in [-0.3, -0.25) is 9.69 Å². The molecule has 1 aromatic heterocycles. The maximum absolute atomic E-state index is 12.5. The summed E-state index contributed by atoms with van der Waals surface area (Å²) in [4.78, 5) is 20.7. The number of benzene rings is 1. The molecule has 8 heteroatoms. The largest absolute Gasteiger partial charge is 0.493 e. The number of carbonyl (C=O) groups is 1. The average molecular weight is 346 g/mol. The minimum atomic E-state index is -0.106. The first-order valence-corrected chi connectivity index (χ1v) is 8.12. The standard InChI is InChI=1S/C17H22N4O4/c1-12-18-17(25-19-12)13-10-21(9-8-20(13)2)16(22)11-24-15-7-5-4-6-14(15)23-3/h4-7,13H,8-11H2,1-3H3/t13-/m1/s1. The van der Waals surface area contributed by atoms with Crippen molar-refractivity contribution in [2.45, 2.75) is 13.0 Å². The van der Waals surface area contributed by atoms with Crippen LogP contribution in [0.25, 0.3) is 0 Å². The molecular formula is C17H22N4O4. The third-order valence-corrected chi connectivity index (χ3v) is 4.25. The van der Waals surface area contributed by atoms with Gasteiger partial charge in [0.25, 0.3) is 5.91 Å². The summed E-state index contributed by atoms with van der Waals surface area (Å²) in [6.45, 7) is 3.59. The molecule has 0 N–H and O–H groups in total. The van der Waals surface area contributed by atoms with Crippen LogP contribution in [0.1, 0.15) is 17.8 Å². The van der Waals surface area contributed by atoms with E-state index in [1.807, 2.05) is 19.2 Å². The number of ether oxygens (including phenoxy) is 2. The van der Waals surface area contributed by atoms with Crippen LogP contribution in [0, 0.1) is 6.92 Å². The lowest BCUT2D eigenvalue weighted by atomic mass is 10.1. The second kappa shape index (κ2) is 7.52. The summed E-state index contributed by atoms with van der Waals surface area (Å²) < 4.78 is 16.1. The molecule has 1 amide bonds. The number of hydrogen-bond acceptors (Lipinski definition) is 7. The van der Waals surface area contributed by atoms with E-state index in [4.69, 9.17) is 14.0 Å². The van der Waals surface area contributed by atoms with Gasteiger partial charge in [-0.2, -0.15) is 4.98 Å². The predicted octanol–water partition coefficient (Wildman–Crippen LogP) is 1.28. The molecule has 2 aromatic rings. The van der Waals surface area contributed by atoms with Gasteiger partial charge < -0.3 is 18.9 Å². The number of piperazine rings is 1. The summed E-state index contributed by atoms with van der Waals surface area (Å²) in [5.41, 5.74) is 0. The lowest BCUT2D eigenvalue weighted by molar-refractivity contribution is -0.136. The Kier molecular flexibility index (Phi) is 5.18. The van der Waals surface area contributed by atoms with Crippen molar-refractivity contribution in [2.75, 3.05) is 40.4 Å². The van der Waals surface area contributed by atoms with Crippen LogP contribution in [-0.4, -0.2) is 66.2 Å². The molecule has 0 unspecified atom stereocenters. The molecule has 25 heavy (non-hydrogen) atoms. The van der Waals surface area contributed by atoms with Gasteiger partial charge in [0, 0.05) is 19.6 Å². The van der Waals surface area contributed by atoms with E-state index in [1.54, 1.807) is 31.1 Å². The zero-order chi connectivity index (χ0) is 17.8. The molecule has 1 saturated heterocycles. The van der Waals surface area contributed by atoms with Crippen LogP contribution in [-0.2, 0) is 4.79 Å². The van der Waals surface area contributed by atoms with Gasteiger partial charge in [-0.15, -0.1) is 0 Å². The molecule has 1 aromatic carbocycles. The van der Waals surface area contributed by atoms with E-state index >= 15 is 0 Å². The van der Waals surface area contributed by atoms with Crippen LogP contribution in [0.4, 0.5) is 0 Å². The monoisotopic (exact) mass is 346 g/mol. The van der Waals surface area contributed by atoms with Gasteiger partial charge in [0.2, 0.25) is 5.89 Å². The van der Waals surface area contributed by atoms with Crippen molar-refractivity contribution in [1.82, 2.24) is 19.9 Å². The third kappa shape index (κ3) is 3.90. The first kappa shape index (κ1) is 17.2. The Morgan fingerprint density at radius 3 is 2.76 bits per heavy atom. The van der Waals surface area contributed by atoms with Gasteiger partial charge in [0.05, 0.1) is 7.11 Å². The molecule has 3 rings (SSSR count). The van der Waals surface area contributed by atoms with Crippen LogP contribution < -0.4 is 9.47 Å². The Balaban J connectivity index is 1.62. The summed E-state index contributed by atoms with van der Waals surface area (Å²) in [5.74, 6) is 2.19. The van der Waals surface area contributed by atoms with Crippen molar-refractivity contribution in [3.05, 3.63) is 36.0 Å². The van der Waals surface area contributed by atoms with Crippen molar-refractivity contribution >= 4 is 5.91 Å². The lowest BCUT2D eigenvalue weighted by Crippen LogP contribution is -2.50. The number of aromatic nitrogens is 2. The molecule has 1 fully saturated rings. The van der Waals surface area contributed by atoms with Gasteiger partial charge in [0.15, 0.2) is 23.9 Å². The van der Waals surface area contributed by atoms with E-state index < -0.39 is 0 Å². The quantitative estimate of drug-likeness (QED) is 0.807. The molecule has 1 aliphatic rings. The Bertz CT molecular complexity index is 733. The van der Waals surface area contributed by atoms with E-state index in [9.17, 15) is 4.79 Å². The van der Waals surface area contributed by atoms with Crippen LogP contribution in [0.15, 0.2) is 28.8 Å². The van der Waals surface area contributed by atoms with Crippen molar-refractivity contribution in [1.29, 1.82) is 0 Å². The number of amides is 1. The van der Waals surface area contributed by atoms with Gasteiger partial charge >= 0.3 is 0 Å². The molecule has 0 saturated carbocycles. The molecule has 8 nitrogen and oxygen atoms in total. The van der Waals surface area contributed by atoms with Crippen LogP contribution in [0.3, 0.4) is 0 Å². The molecule has 0 spiro atoms. The minimum Gasteiger partial charge on any atom is -0.493 e. The van der Waals surface area contributed by atoms with Gasteiger partial charge in [-0.25, -0.2) is 0 Å². The number of rotatable bonds is 5. The number of aryl methyl sites for hydroxylation is 1. The maximum Gasteiger partial charge on any atom is 0.260 e. The van der Waals surface area contributed by atoms with E-state index in [0.29, 0.717) is 36.3 Å². The average Bonchev–Trinajstić information content (AvgIpc) is 3.06. The molecular weight excluding hydrogens is 324 g/mol. The minimum absolute atomic E-state index is 0.0420. The number of hydrogen-bond donors (Lipinski definition) is 0. The second-order valence-electron chi connectivity index (χ2n) is 5.96. The number of para-hydroxylation sites is 2. The normalized spacial score (nSPS) is 18.2. The van der Waals surface area contributed by atoms with Gasteiger partial charge in [-0.1, -0.05) is 17.3 Å². The van der Waals surface area contributed by atoms with E-state index in [1.165, 1.54) is 0 Å². The van der Waals surface area contributed by atoms with E-state index in [-0.39, 0.29) is 18.6 Å². The van der Waals surface area contributed by atoms with E-state index in [2.05, 4.69) is 15.0 Å². The highest BCUT2D eigenvalue weighted by Crippen LogP contribution is 2.26. The first-order chi connectivity index (χ1) is 12.1. The molecule has 0 bridgehead atoms. The Hall–Kier alpha value is -2.61. The van der Waals surface area contributed by atoms with Crippen molar-refractivity contribution < 1.29 is 18.8 Å². The zero-order valence-electron chi connectivity index (χ0n) is 14.6. The summed E-state index contributed by atoms with van der Waals surface area (Å²) in [6, 6.07) is 7.16. The summed E-state index contributed by atoms with van der Waals surface area (Å²) in [6.07, 6.45) is 0. The third-order valence-electron chi connectivity index (χ3n) is 4.25. The Morgan fingerprint density at radius 1 is 1.32 bits per heavy atom.